The number of rotatable bonds is 9. The maximum atomic E-state index is 13.6. The lowest BCUT2D eigenvalue weighted by molar-refractivity contribution is -0.121. The third-order valence-corrected chi connectivity index (χ3v) is 7.00. The number of benzene rings is 3. The normalized spacial score (nSPS) is 15.6. The van der Waals surface area contributed by atoms with Gasteiger partial charge in [-0.3, -0.25) is 4.79 Å². The molecule has 0 saturated heterocycles. The summed E-state index contributed by atoms with van der Waals surface area (Å²) in [5.41, 5.74) is 1.49. The van der Waals surface area contributed by atoms with E-state index in [1.165, 1.54) is 18.2 Å². The van der Waals surface area contributed by atoms with Gasteiger partial charge in [0.1, 0.15) is 12.1 Å². The van der Waals surface area contributed by atoms with E-state index in [2.05, 4.69) is 21.3 Å². The van der Waals surface area contributed by atoms with Gasteiger partial charge in [-0.1, -0.05) is 47.5 Å². The first kappa shape index (κ1) is 30.6. The van der Waals surface area contributed by atoms with Crippen LogP contribution in [0.4, 0.5) is 16.2 Å². The number of carboxylic acids is 1. The van der Waals surface area contributed by atoms with E-state index < -0.39 is 17.5 Å². The number of likely N-dealkylation sites (N-methyl/N-ethyl adjacent to an activating group) is 1. The number of carboxylic acid groups (broad SMARTS) is 1. The van der Waals surface area contributed by atoms with Crippen LogP contribution in [-0.4, -0.2) is 42.0 Å². The van der Waals surface area contributed by atoms with Crippen molar-refractivity contribution in [1.82, 2.24) is 10.6 Å². The number of ether oxygens (including phenoxy) is 1. The largest absolute Gasteiger partial charge is 0.486 e. The van der Waals surface area contributed by atoms with Crippen molar-refractivity contribution in [2.75, 3.05) is 24.2 Å². The van der Waals surface area contributed by atoms with Crippen LogP contribution in [0.3, 0.4) is 0 Å². The minimum absolute atomic E-state index is 0. The van der Waals surface area contributed by atoms with Gasteiger partial charge in [0.25, 0.3) is 0 Å². The van der Waals surface area contributed by atoms with E-state index >= 15 is 0 Å². The lowest BCUT2D eigenvalue weighted by atomic mass is 9.85. The molecular weight excluding hydrogens is 579 g/mol. The fourth-order valence-electron chi connectivity index (χ4n) is 4.26. The van der Waals surface area contributed by atoms with E-state index in [4.69, 9.17) is 33.0 Å². The Bertz CT molecular complexity index is 1460. The Hall–Kier alpha value is -3.92. The minimum Gasteiger partial charge on any atom is -0.486 e. The second-order valence-corrected chi connectivity index (χ2v) is 9.67. The molecule has 0 aromatic heterocycles. The lowest BCUT2D eigenvalue weighted by Gasteiger charge is -2.39. The average Bonchev–Trinajstić information content (AvgIpc) is 2.91. The molecule has 1 unspecified atom stereocenters. The molecule has 1 atom stereocenters. The highest BCUT2D eigenvalue weighted by atomic mass is 35.5. The van der Waals surface area contributed by atoms with Crippen LogP contribution >= 0.6 is 35.6 Å². The van der Waals surface area contributed by atoms with Crippen LogP contribution in [0, 0.1) is 0 Å². The second-order valence-electron chi connectivity index (χ2n) is 8.86. The zero-order valence-corrected chi connectivity index (χ0v) is 23.8. The molecule has 1 heterocycles. The van der Waals surface area contributed by atoms with Crippen molar-refractivity contribution in [1.29, 1.82) is 0 Å². The molecule has 0 aliphatic carbocycles. The third kappa shape index (κ3) is 6.44. The van der Waals surface area contributed by atoms with Crippen LogP contribution in [0.2, 0.25) is 10.0 Å². The third-order valence-electron chi connectivity index (χ3n) is 6.29. The van der Waals surface area contributed by atoms with E-state index in [1.54, 1.807) is 38.2 Å². The molecule has 9 nitrogen and oxygen atoms in total. The first-order valence-electron chi connectivity index (χ1n) is 11.9. The number of amides is 2. The molecule has 0 fully saturated rings. The minimum atomic E-state index is -1.29. The molecule has 5 N–H and O–H groups in total. The summed E-state index contributed by atoms with van der Waals surface area (Å²) < 4.78 is 6.25. The van der Waals surface area contributed by atoms with Crippen LogP contribution < -0.4 is 21.3 Å². The molecule has 3 aromatic carbocycles. The van der Waals surface area contributed by atoms with Crippen molar-refractivity contribution < 1.29 is 24.2 Å². The number of Topliss-reactive ketones (excluding diaryl/α,β-unsaturated/α-hetero) is 1. The fraction of sp³-hybridized carbons (Fsp3) is 0.179. The standard InChI is InChI=1S/C28H26Cl2N4O5.ClH/c1-28(23(35)14-32-27(38)33-17-8-5-7-16(13-17)26(36)37)25(31-2)24(18-9-3-4-12-22(18)34-28)39-15-19-20(29)10-6-11-21(19)30;/h3-13,31,34H,14-15H2,1-2H3,(H,36,37)(H2,32,33,38);1H. The van der Waals surface area contributed by atoms with Crippen LogP contribution in [0.1, 0.15) is 28.4 Å². The highest BCUT2D eigenvalue weighted by Crippen LogP contribution is 2.40. The van der Waals surface area contributed by atoms with Crippen LogP contribution in [0.15, 0.2) is 72.4 Å². The summed E-state index contributed by atoms with van der Waals surface area (Å²) in [7, 11) is 1.68. The van der Waals surface area contributed by atoms with Crippen molar-refractivity contribution in [2.45, 2.75) is 19.1 Å². The predicted molar refractivity (Wildman–Crippen MR) is 158 cm³/mol. The molecular formula is C28H27Cl3N4O5. The lowest BCUT2D eigenvalue weighted by Crippen LogP contribution is -2.54. The number of para-hydroxylation sites is 1. The number of fused-ring (bicyclic) bond motifs is 1. The number of urea groups is 1. The smallest absolute Gasteiger partial charge is 0.335 e. The Morgan fingerprint density at radius 2 is 1.68 bits per heavy atom. The van der Waals surface area contributed by atoms with E-state index in [9.17, 15) is 14.4 Å². The van der Waals surface area contributed by atoms with Crippen LogP contribution in [0.25, 0.3) is 5.76 Å². The number of hydrogen-bond donors (Lipinski definition) is 5. The Labute approximate surface area is 247 Å². The zero-order chi connectivity index (χ0) is 28.2. The van der Waals surface area contributed by atoms with E-state index in [0.29, 0.717) is 32.8 Å². The number of hydrogen-bond acceptors (Lipinski definition) is 6. The summed E-state index contributed by atoms with van der Waals surface area (Å²) in [4.78, 5) is 37.3. The molecule has 4 rings (SSSR count). The van der Waals surface area contributed by atoms with E-state index in [1.807, 2.05) is 24.3 Å². The Kier molecular flexibility index (Phi) is 9.92. The monoisotopic (exact) mass is 604 g/mol. The van der Waals surface area contributed by atoms with Gasteiger partial charge in [0, 0.05) is 39.6 Å². The van der Waals surface area contributed by atoms with Crippen molar-refractivity contribution in [3.63, 3.8) is 0 Å². The predicted octanol–water partition coefficient (Wildman–Crippen LogP) is 5.79. The van der Waals surface area contributed by atoms with Crippen LogP contribution in [0.5, 0.6) is 0 Å². The summed E-state index contributed by atoms with van der Waals surface area (Å²) in [6.07, 6.45) is 0. The molecule has 0 radical (unpaired) electrons. The summed E-state index contributed by atoms with van der Waals surface area (Å²) in [6, 6.07) is 17.7. The van der Waals surface area contributed by atoms with Gasteiger partial charge in [0.05, 0.1) is 17.8 Å². The summed E-state index contributed by atoms with van der Waals surface area (Å²) >= 11 is 12.7. The van der Waals surface area contributed by atoms with E-state index in [0.717, 1.165) is 5.56 Å². The number of aromatic carboxylic acids is 1. The zero-order valence-electron chi connectivity index (χ0n) is 21.5. The summed E-state index contributed by atoms with van der Waals surface area (Å²) in [6.45, 7) is 1.43. The molecule has 1 aliphatic rings. The number of carbonyl (C=O) groups excluding carboxylic acids is 2. The van der Waals surface area contributed by atoms with Gasteiger partial charge >= 0.3 is 12.0 Å². The van der Waals surface area contributed by atoms with Gasteiger partial charge < -0.3 is 31.1 Å². The number of ketones is 1. The van der Waals surface area contributed by atoms with Crippen molar-refractivity contribution in [3.8, 4) is 0 Å². The topological polar surface area (TPSA) is 129 Å². The van der Waals surface area contributed by atoms with Gasteiger partial charge in [0.15, 0.2) is 11.5 Å². The van der Waals surface area contributed by atoms with Gasteiger partial charge in [-0.25, -0.2) is 9.59 Å². The Morgan fingerprint density at radius 1 is 1.00 bits per heavy atom. The van der Waals surface area contributed by atoms with Gasteiger partial charge in [0.2, 0.25) is 0 Å². The first-order chi connectivity index (χ1) is 18.6. The molecule has 2 amide bonds. The SMILES string of the molecule is CNC1=C(OCc2c(Cl)cccc2Cl)c2ccccc2NC1(C)C(=O)CNC(=O)Nc1cccc(C(=O)O)c1.Cl. The fourth-order valence-corrected chi connectivity index (χ4v) is 4.77. The molecule has 0 saturated carbocycles. The molecule has 3 aromatic rings. The number of nitrogens with one attached hydrogen (secondary N) is 4. The number of halogens is 3. The van der Waals surface area contributed by atoms with Gasteiger partial charge in [-0.15, -0.1) is 12.4 Å². The van der Waals surface area contributed by atoms with Crippen molar-refractivity contribution in [2.24, 2.45) is 0 Å². The molecule has 12 heteroatoms. The summed E-state index contributed by atoms with van der Waals surface area (Å²) in [5.74, 6) is -1.03. The number of carbonyl (C=O) groups is 3. The van der Waals surface area contributed by atoms with Crippen molar-refractivity contribution in [3.05, 3.63) is 99.2 Å². The molecule has 40 heavy (non-hydrogen) atoms. The molecule has 0 spiro atoms. The van der Waals surface area contributed by atoms with E-state index in [-0.39, 0.29) is 42.6 Å². The average molecular weight is 606 g/mol. The Balaban J connectivity index is 0.00000441. The maximum Gasteiger partial charge on any atom is 0.335 e. The van der Waals surface area contributed by atoms with Gasteiger partial charge in [-0.05, 0) is 49.4 Å². The summed E-state index contributed by atoms with van der Waals surface area (Å²) in [5, 5.41) is 21.5. The van der Waals surface area contributed by atoms with Crippen LogP contribution in [-0.2, 0) is 16.1 Å². The first-order valence-corrected chi connectivity index (χ1v) is 12.7. The van der Waals surface area contributed by atoms with Crippen molar-refractivity contribution >= 4 is 70.5 Å². The highest BCUT2D eigenvalue weighted by molar-refractivity contribution is 6.36. The number of anilines is 2. The maximum absolute atomic E-state index is 13.6. The Morgan fingerprint density at radius 3 is 2.35 bits per heavy atom. The molecule has 0 bridgehead atoms. The highest BCUT2D eigenvalue weighted by Gasteiger charge is 2.43. The second kappa shape index (κ2) is 13.0. The quantitative estimate of drug-likeness (QED) is 0.209. The molecule has 210 valence electrons. The molecule has 1 aliphatic heterocycles. The van der Waals surface area contributed by atoms with Gasteiger partial charge in [-0.2, -0.15) is 0 Å².